The molecule has 74 valence electrons. The standard InChI is InChI=1S/C8H8BrN3O2/c1-13-4-11-8-7-6(14-12-8)2-5(9)3-10-7/h2-3H,4H2,1H3,(H,11,12). The number of anilines is 1. The highest BCUT2D eigenvalue weighted by molar-refractivity contribution is 9.10. The molecule has 0 amide bonds. The van der Waals surface area contributed by atoms with Crippen molar-refractivity contribution in [1.82, 2.24) is 10.1 Å². The largest absolute Gasteiger partial charge is 0.365 e. The molecule has 2 rings (SSSR count). The highest BCUT2D eigenvalue weighted by atomic mass is 79.9. The van der Waals surface area contributed by atoms with Gasteiger partial charge in [0.25, 0.3) is 0 Å². The maximum Gasteiger partial charge on any atom is 0.197 e. The molecular formula is C8H8BrN3O2. The molecule has 2 aromatic heterocycles. The summed E-state index contributed by atoms with van der Waals surface area (Å²) in [6.45, 7) is 0.374. The fraction of sp³-hybridized carbons (Fsp3) is 0.250. The third kappa shape index (κ3) is 1.71. The lowest BCUT2D eigenvalue weighted by atomic mass is 10.4. The Morgan fingerprint density at radius 1 is 1.64 bits per heavy atom. The Morgan fingerprint density at radius 2 is 2.50 bits per heavy atom. The highest BCUT2D eigenvalue weighted by Gasteiger charge is 2.08. The van der Waals surface area contributed by atoms with Gasteiger partial charge >= 0.3 is 0 Å². The zero-order valence-electron chi connectivity index (χ0n) is 7.45. The molecule has 0 radical (unpaired) electrons. The molecule has 0 aliphatic rings. The molecule has 0 aromatic carbocycles. The van der Waals surface area contributed by atoms with E-state index in [1.807, 2.05) is 6.07 Å². The Hall–Kier alpha value is -1.14. The molecule has 14 heavy (non-hydrogen) atoms. The summed E-state index contributed by atoms with van der Waals surface area (Å²) in [7, 11) is 1.60. The molecule has 0 saturated heterocycles. The number of pyridine rings is 1. The van der Waals surface area contributed by atoms with Crippen molar-refractivity contribution in [2.24, 2.45) is 0 Å². The number of fused-ring (bicyclic) bond motifs is 1. The van der Waals surface area contributed by atoms with Crippen LogP contribution < -0.4 is 5.32 Å². The lowest BCUT2D eigenvalue weighted by molar-refractivity contribution is 0.220. The van der Waals surface area contributed by atoms with Gasteiger partial charge in [-0.15, -0.1) is 0 Å². The number of methoxy groups -OCH3 is 1. The first kappa shape index (κ1) is 9.42. The molecule has 2 aromatic rings. The van der Waals surface area contributed by atoms with Gasteiger partial charge in [-0.05, 0) is 15.9 Å². The van der Waals surface area contributed by atoms with Crippen LogP contribution in [0.15, 0.2) is 21.3 Å². The summed E-state index contributed by atoms with van der Waals surface area (Å²) in [5.41, 5.74) is 1.34. The lowest BCUT2D eigenvalue weighted by Gasteiger charge is -1.98. The van der Waals surface area contributed by atoms with E-state index in [9.17, 15) is 0 Å². The zero-order valence-corrected chi connectivity index (χ0v) is 9.04. The number of hydrogen-bond acceptors (Lipinski definition) is 5. The Morgan fingerprint density at radius 3 is 3.29 bits per heavy atom. The van der Waals surface area contributed by atoms with Crippen molar-refractivity contribution < 1.29 is 9.26 Å². The Balaban J connectivity index is 2.37. The normalized spacial score (nSPS) is 10.7. The Kier molecular flexibility index (Phi) is 2.64. The fourth-order valence-electron chi connectivity index (χ4n) is 1.06. The molecule has 1 N–H and O–H groups in total. The maximum atomic E-state index is 5.07. The van der Waals surface area contributed by atoms with Crippen LogP contribution >= 0.6 is 15.9 Å². The van der Waals surface area contributed by atoms with Crippen LogP contribution in [0.5, 0.6) is 0 Å². The van der Waals surface area contributed by atoms with Crippen LogP contribution in [-0.2, 0) is 4.74 Å². The van der Waals surface area contributed by atoms with Gasteiger partial charge < -0.3 is 14.6 Å². The third-order valence-corrected chi connectivity index (χ3v) is 2.10. The number of hydrogen-bond donors (Lipinski definition) is 1. The summed E-state index contributed by atoms with van der Waals surface area (Å²) in [6.07, 6.45) is 1.69. The second-order valence-electron chi connectivity index (χ2n) is 2.64. The van der Waals surface area contributed by atoms with Crippen molar-refractivity contribution in [1.29, 1.82) is 0 Å². The number of aromatic nitrogens is 2. The van der Waals surface area contributed by atoms with Crippen LogP contribution in [0, 0.1) is 0 Å². The van der Waals surface area contributed by atoms with E-state index in [-0.39, 0.29) is 0 Å². The summed E-state index contributed by atoms with van der Waals surface area (Å²) in [4.78, 5) is 4.17. The van der Waals surface area contributed by atoms with Gasteiger partial charge in [0.05, 0.1) is 0 Å². The first-order valence-corrected chi connectivity index (χ1v) is 4.74. The number of halogens is 1. The Labute approximate surface area is 88.6 Å². The van der Waals surface area contributed by atoms with Crippen molar-refractivity contribution in [3.8, 4) is 0 Å². The molecule has 0 saturated carbocycles. The number of nitrogens with one attached hydrogen (secondary N) is 1. The van der Waals surface area contributed by atoms with Gasteiger partial charge in [-0.2, -0.15) is 0 Å². The first-order chi connectivity index (χ1) is 6.81. The predicted molar refractivity (Wildman–Crippen MR) is 55.0 cm³/mol. The van der Waals surface area contributed by atoms with E-state index in [1.165, 1.54) is 0 Å². The number of nitrogens with zero attached hydrogens (tertiary/aromatic N) is 2. The van der Waals surface area contributed by atoms with Gasteiger partial charge in [-0.25, -0.2) is 4.98 Å². The summed E-state index contributed by atoms with van der Waals surface area (Å²) < 4.78 is 10.8. The number of rotatable bonds is 3. The van der Waals surface area contributed by atoms with E-state index < -0.39 is 0 Å². The molecule has 2 heterocycles. The lowest BCUT2D eigenvalue weighted by Crippen LogP contribution is -2.03. The summed E-state index contributed by atoms with van der Waals surface area (Å²) in [5.74, 6) is 0.592. The van der Waals surface area contributed by atoms with Crippen molar-refractivity contribution in [3.63, 3.8) is 0 Å². The highest BCUT2D eigenvalue weighted by Crippen LogP contribution is 2.22. The minimum Gasteiger partial charge on any atom is -0.365 e. The third-order valence-electron chi connectivity index (χ3n) is 1.66. The molecule has 0 bridgehead atoms. The molecule has 0 fully saturated rings. The summed E-state index contributed by atoms with van der Waals surface area (Å²) in [6, 6.07) is 1.81. The maximum absolute atomic E-state index is 5.07. The molecule has 0 atom stereocenters. The van der Waals surface area contributed by atoms with Gasteiger partial charge in [0.15, 0.2) is 16.9 Å². The minimum absolute atomic E-state index is 0.374. The van der Waals surface area contributed by atoms with E-state index >= 15 is 0 Å². The fourth-order valence-corrected chi connectivity index (χ4v) is 1.37. The number of ether oxygens (including phenoxy) is 1. The average molecular weight is 258 g/mol. The molecule has 0 spiro atoms. The van der Waals surface area contributed by atoms with Gasteiger partial charge in [-0.1, -0.05) is 5.16 Å². The monoisotopic (exact) mass is 257 g/mol. The molecule has 6 heteroatoms. The quantitative estimate of drug-likeness (QED) is 0.853. The zero-order chi connectivity index (χ0) is 9.97. The van der Waals surface area contributed by atoms with E-state index in [0.717, 1.165) is 4.47 Å². The van der Waals surface area contributed by atoms with Crippen LogP contribution in [0.1, 0.15) is 0 Å². The van der Waals surface area contributed by atoms with Gasteiger partial charge in [0.1, 0.15) is 6.73 Å². The Bertz CT molecular complexity index is 443. The van der Waals surface area contributed by atoms with E-state index in [1.54, 1.807) is 13.3 Å². The van der Waals surface area contributed by atoms with Gasteiger partial charge in [-0.3, -0.25) is 0 Å². The van der Waals surface area contributed by atoms with Crippen LogP contribution in [0.2, 0.25) is 0 Å². The SMILES string of the molecule is COCNc1noc2cc(Br)cnc12. The molecule has 0 aliphatic heterocycles. The van der Waals surface area contributed by atoms with Crippen molar-refractivity contribution in [2.75, 3.05) is 19.2 Å². The van der Waals surface area contributed by atoms with Crippen molar-refractivity contribution in [3.05, 3.63) is 16.7 Å². The van der Waals surface area contributed by atoms with E-state index in [2.05, 4.69) is 31.4 Å². The van der Waals surface area contributed by atoms with Gasteiger partial charge in [0, 0.05) is 23.8 Å². The van der Waals surface area contributed by atoms with E-state index in [0.29, 0.717) is 23.6 Å². The van der Waals surface area contributed by atoms with Crippen LogP contribution in [0.4, 0.5) is 5.82 Å². The molecule has 5 nitrogen and oxygen atoms in total. The van der Waals surface area contributed by atoms with Gasteiger partial charge in [0.2, 0.25) is 0 Å². The molecular weight excluding hydrogens is 250 g/mol. The van der Waals surface area contributed by atoms with Crippen molar-refractivity contribution in [2.45, 2.75) is 0 Å². The second-order valence-corrected chi connectivity index (χ2v) is 3.56. The predicted octanol–water partition coefficient (Wildman–Crippen LogP) is 2.00. The molecule has 0 aliphatic carbocycles. The minimum atomic E-state index is 0.374. The summed E-state index contributed by atoms with van der Waals surface area (Å²) >= 11 is 3.30. The second kappa shape index (κ2) is 3.93. The smallest absolute Gasteiger partial charge is 0.197 e. The van der Waals surface area contributed by atoms with Crippen LogP contribution in [0.3, 0.4) is 0 Å². The summed E-state index contributed by atoms with van der Waals surface area (Å²) in [5, 5.41) is 6.76. The van der Waals surface area contributed by atoms with E-state index in [4.69, 9.17) is 9.26 Å². The van der Waals surface area contributed by atoms with Crippen molar-refractivity contribution >= 4 is 32.8 Å². The average Bonchev–Trinajstić information content (AvgIpc) is 2.57. The first-order valence-electron chi connectivity index (χ1n) is 3.95. The molecule has 0 unspecified atom stereocenters. The topological polar surface area (TPSA) is 60.2 Å². The van der Waals surface area contributed by atoms with Crippen LogP contribution in [-0.4, -0.2) is 24.0 Å². The van der Waals surface area contributed by atoms with Crippen LogP contribution in [0.25, 0.3) is 11.1 Å².